The smallest absolute Gasteiger partial charge is 0.119 e. The van der Waals surface area contributed by atoms with Crippen molar-refractivity contribution < 1.29 is 9.84 Å². The molecule has 0 heterocycles. The van der Waals surface area contributed by atoms with E-state index in [0.29, 0.717) is 0 Å². The first kappa shape index (κ1) is 8.57. The number of ether oxygens (including phenoxy) is 1. The van der Waals surface area contributed by atoms with Crippen molar-refractivity contribution in [2.45, 2.75) is 25.4 Å². The van der Waals surface area contributed by atoms with Gasteiger partial charge in [0.05, 0.1) is 13.2 Å². The molecule has 0 fully saturated rings. The number of fused-ring (bicyclic) bond motifs is 1. The second-order valence-corrected chi connectivity index (χ2v) is 3.47. The number of aliphatic hydroxyl groups is 1. The lowest BCUT2D eigenvalue weighted by Gasteiger charge is -2.21. The highest BCUT2D eigenvalue weighted by atomic mass is 16.5. The Labute approximate surface area is 78.2 Å². The van der Waals surface area contributed by atoms with Gasteiger partial charge >= 0.3 is 0 Å². The number of rotatable bonds is 1. The summed E-state index contributed by atoms with van der Waals surface area (Å²) < 4.78 is 5.13. The molecule has 0 aliphatic heterocycles. The summed E-state index contributed by atoms with van der Waals surface area (Å²) in [6, 6.07) is 5.91. The molecule has 2 heteroatoms. The standard InChI is InChI=1S/C11H14O2/c1-13-9-5-6-10-8(7-9)3-2-4-11(10)12/h5-7,11-12H,2-4H2,1H3/t11-/m1/s1. The van der Waals surface area contributed by atoms with Crippen molar-refractivity contribution in [2.24, 2.45) is 0 Å². The molecule has 0 unspecified atom stereocenters. The zero-order valence-corrected chi connectivity index (χ0v) is 7.79. The average Bonchev–Trinajstić information content (AvgIpc) is 2.18. The summed E-state index contributed by atoms with van der Waals surface area (Å²) in [5.74, 6) is 0.882. The van der Waals surface area contributed by atoms with E-state index < -0.39 is 0 Å². The van der Waals surface area contributed by atoms with E-state index in [1.54, 1.807) is 7.11 Å². The lowest BCUT2D eigenvalue weighted by atomic mass is 9.89. The minimum absolute atomic E-state index is 0.269. The molecular formula is C11H14O2. The summed E-state index contributed by atoms with van der Waals surface area (Å²) in [6.07, 6.45) is 2.75. The first-order chi connectivity index (χ1) is 6.31. The molecular weight excluding hydrogens is 164 g/mol. The molecule has 2 nitrogen and oxygen atoms in total. The number of aliphatic hydroxyl groups excluding tert-OH is 1. The summed E-state index contributed by atoms with van der Waals surface area (Å²) in [7, 11) is 1.67. The zero-order chi connectivity index (χ0) is 9.26. The molecule has 70 valence electrons. The van der Waals surface area contributed by atoms with Crippen molar-refractivity contribution in [2.75, 3.05) is 7.11 Å². The number of aryl methyl sites for hydroxylation is 1. The van der Waals surface area contributed by atoms with Crippen LogP contribution in [0.3, 0.4) is 0 Å². The fourth-order valence-corrected chi connectivity index (χ4v) is 1.89. The summed E-state index contributed by atoms with van der Waals surface area (Å²) >= 11 is 0. The molecule has 13 heavy (non-hydrogen) atoms. The van der Waals surface area contributed by atoms with Gasteiger partial charge in [0.15, 0.2) is 0 Å². The zero-order valence-electron chi connectivity index (χ0n) is 7.79. The van der Waals surface area contributed by atoms with Crippen LogP contribution >= 0.6 is 0 Å². The van der Waals surface area contributed by atoms with Crippen LogP contribution < -0.4 is 4.74 Å². The van der Waals surface area contributed by atoms with Crippen LogP contribution in [0.25, 0.3) is 0 Å². The van der Waals surface area contributed by atoms with Gasteiger partial charge in [0.1, 0.15) is 5.75 Å². The van der Waals surface area contributed by atoms with Gasteiger partial charge in [0.2, 0.25) is 0 Å². The summed E-state index contributed by atoms with van der Waals surface area (Å²) in [5.41, 5.74) is 2.31. The Balaban J connectivity index is 2.39. The Hall–Kier alpha value is -1.02. The lowest BCUT2D eigenvalue weighted by Crippen LogP contribution is -2.08. The van der Waals surface area contributed by atoms with Crippen LogP contribution in [0.2, 0.25) is 0 Å². The normalized spacial score (nSPS) is 20.9. The van der Waals surface area contributed by atoms with Gasteiger partial charge in [-0.05, 0) is 42.5 Å². The van der Waals surface area contributed by atoms with Gasteiger partial charge in [-0.15, -0.1) is 0 Å². The fraction of sp³-hybridized carbons (Fsp3) is 0.455. The molecule has 0 saturated carbocycles. The average molecular weight is 178 g/mol. The van der Waals surface area contributed by atoms with Crippen LogP contribution in [-0.4, -0.2) is 12.2 Å². The van der Waals surface area contributed by atoms with Gasteiger partial charge in [0.25, 0.3) is 0 Å². The molecule has 1 atom stereocenters. The number of hydrogen-bond acceptors (Lipinski definition) is 2. The second-order valence-electron chi connectivity index (χ2n) is 3.47. The Bertz CT molecular complexity index is 307. The number of methoxy groups -OCH3 is 1. The highest BCUT2D eigenvalue weighted by Crippen LogP contribution is 2.31. The maximum Gasteiger partial charge on any atom is 0.119 e. The predicted octanol–water partition coefficient (Wildman–Crippen LogP) is 2.06. The minimum Gasteiger partial charge on any atom is -0.497 e. The van der Waals surface area contributed by atoms with Crippen LogP contribution in [0.1, 0.15) is 30.1 Å². The van der Waals surface area contributed by atoms with Crippen LogP contribution in [0.15, 0.2) is 18.2 Å². The summed E-state index contributed by atoms with van der Waals surface area (Å²) in [6.45, 7) is 0. The molecule has 1 aliphatic rings. The summed E-state index contributed by atoms with van der Waals surface area (Å²) in [5, 5.41) is 9.68. The van der Waals surface area contributed by atoms with Gasteiger partial charge in [-0.1, -0.05) is 6.07 Å². The number of hydrogen-bond donors (Lipinski definition) is 1. The molecule has 1 N–H and O–H groups in total. The molecule has 1 aliphatic carbocycles. The van der Waals surface area contributed by atoms with E-state index in [4.69, 9.17) is 4.74 Å². The molecule has 2 rings (SSSR count). The van der Waals surface area contributed by atoms with Crippen molar-refractivity contribution in [3.05, 3.63) is 29.3 Å². The van der Waals surface area contributed by atoms with Gasteiger partial charge in [-0.3, -0.25) is 0 Å². The van der Waals surface area contributed by atoms with E-state index in [-0.39, 0.29) is 6.10 Å². The molecule has 0 bridgehead atoms. The first-order valence-corrected chi connectivity index (χ1v) is 4.66. The number of benzene rings is 1. The fourth-order valence-electron chi connectivity index (χ4n) is 1.89. The van der Waals surface area contributed by atoms with Crippen LogP contribution in [-0.2, 0) is 6.42 Å². The van der Waals surface area contributed by atoms with Crippen LogP contribution in [0.5, 0.6) is 5.75 Å². The SMILES string of the molecule is COc1ccc2c(c1)CCC[C@H]2O. The summed E-state index contributed by atoms with van der Waals surface area (Å²) in [4.78, 5) is 0. The van der Waals surface area contributed by atoms with E-state index in [0.717, 1.165) is 30.6 Å². The Morgan fingerprint density at radius 2 is 2.31 bits per heavy atom. The highest BCUT2D eigenvalue weighted by molar-refractivity contribution is 5.38. The Morgan fingerprint density at radius 1 is 1.46 bits per heavy atom. The van der Waals surface area contributed by atoms with E-state index in [2.05, 4.69) is 0 Å². The molecule has 0 radical (unpaired) electrons. The van der Waals surface area contributed by atoms with Crippen LogP contribution in [0, 0.1) is 0 Å². The molecule has 0 aromatic heterocycles. The minimum atomic E-state index is -0.269. The second kappa shape index (κ2) is 3.38. The molecule has 0 amide bonds. The molecule has 1 aromatic rings. The topological polar surface area (TPSA) is 29.5 Å². The Morgan fingerprint density at radius 3 is 3.08 bits per heavy atom. The van der Waals surface area contributed by atoms with Crippen molar-refractivity contribution in [3.8, 4) is 5.75 Å². The third-order valence-corrected chi connectivity index (χ3v) is 2.63. The van der Waals surface area contributed by atoms with E-state index in [9.17, 15) is 5.11 Å². The molecule has 0 spiro atoms. The van der Waals surface area contributed by atoms with Gasteiger partial charge in [0, 0.05) is 0 Å². The van der Waals surface area contributed by atoms with Crippen molar-refractivity contribution >= 4 is 0 Å². The van der Waals surface area contributed by atoms with E-state index >= 15 is 0 Å². The monoisotopic (exact) mass is 178 g/mol. The quantitative estimate of drug-likeness (QED) is 0.713. The van der Waals surface area contributed by atoms with Gasteiger partial charge < -0.3 is 9.84 Å². The maximum absolute atomic E-state index is 9.68. The van der Waals surface area contributed by atoms with Crippen molar-refractivity contribution in [1.29, 1.82) is 0 Å². The predicted molar refractivity (Wildman–Crippen MR) is 50.9 cm³/mol. The van der Waals surface area contributed by atoms with Crippen molar-refractivity contribution in [3.63, 3.8) is 0 Å². The van der Waals surface area contributed by atoms with Crippen LogP contribution in [0.4, 0.5) is 0 Å². The molecule has 1 aromatic carbocycles. The lowest BCUT2D eigenvalue weighted by molar-refractivity contribution is 0.156. The van der Waals surface area contributed by atoms with E-state index in [1.165, 1.54) is 5.56 Å². The molecule has 0 saturated heterocycles. The maximum atomic E-state index is 9.68. The third kappa shape index (κ3) is 1.54. The van der Waals surface area contributed by atoms with Crippen molar-refractivity contribution in [1.82, 2.24) is 0 Å². The third-order valence-electron chi connectivity index (χ3n) is 2.63. The van der Waals surface area contributed by atoms with Gasteiger partial charge in [-0.25, -0.2) is 0 Å². The van der Waals surface area contributed by atoms with Gasteiger partial charge in [-0.2, -0.15) is 0 Å². The van der Waals surface area contributed by atoms with E-state index in [1.807, 2.05) is 18.2 Å². The Kier molecular flexibility index (Phi) is 2.23. The first-order valence-electron chi connectivity index (χ1n) is 4.66. The highest BCUT2D eigenvalue weighted by Gasteiger charge is 2.17. The largest absolute Gasteiger partial charge is 0.497 e.